The molecule has 2 heterocycles. The highest BCUT2D eigenvalue weighted by Crippen LogP contribution is 2.41. The van der Waals surface area contributed by atoms with Crippen LogP contribution in [0.5, 0.6) is 0 Å². The summed E-state index contributed by atoms with van der Waals surface area (Å²) in [4.78, 5) is 10.6. The van der Waals surface area contributed by atoms with Crippen LogP contribution in [0.1, 0.15) is 0 Å². The zero-order valence-electron chi connectivity index (χ0n) is 37.4. The number of para-hydroxylation sites is 2. The summed E-state index contributed by atoms with van der Waals surface area (Å²) < 4.78 is 6.35. The second-order valence-electron chi connectivity index (χ2n) is 18.1. The zero-order chi connectivity index (χ0) is 45.4. The number of benzene rings is 12. The molecule has 0 saturated heterocycles. The van der Waals surface area contributed by atoms with Crippen LogP contribution in [-0.4, -0.2) is 9.97 Å². The molecular weight excluding hydrogens is 837 g/mol. The van der Waals surface area contributed by atoms with Gasteiger partial charge in [0, 0.05) is 32.7 Å². The highest BCUT2D eigenvalue weighted by atomic mass is 16.3. The van der Waals surface area contributed by atoms with Gasteiger partial charge in [-0.05, 0) is 119 Å². The van der Waals surface area contributed by atoms with Gasteiger partial charge in [0.2, 0.25) is 0 Å². The average molecular weight is 877 g/mol. The Labute approximate surface area is 398 Å². The van der Waals surface area contributed by atoms with E-state index in [1.54, 1.807) is 0 Å². The summed E-state index contributed by atoms with van der Waals surface area (Å²) in [6.07, 6.45) is 1.93. The van der Waals surface area contributed by atoms with Crippen LogP contribution in [0.25, 0.3) is 143 Å². The minimum absolute atomic E-state index is 0.841. The molecule has 0 bridgehead atoms. The first-order valence-corrected chi connectivity index (χ1v) is 23.5. The van der Waals surface area contributed by atoms with Crippen LogP contribution >= 0.6 is 0 Å². The van der Waals surface area contributed by atoms with E-state index in [1.165, 1.54) is 43.8 Å². The third-order valence-electron chi connectivity index (χ3n) is 14.1. The lowest BCUT2D eigenvalue weighted by Gasteiger charge is -2.14. The maximum atomic E-state index is 6.35. The summed E-state index contributed by atoms with van der Waals surface area (Å²) in [5, 5.41) is 11.7. The van der Waals surface area contributed by atoms with E-state index in [2.05, 4.69) is 224 Å². The Hall–Kier alpha value is -9.18. The molecule has 12 aromatic carbocycles. The fourth-order valence-electron chi connectivity index (χ4n) is 10.5. The van der Waals surface area contributed by atoms with E-state index < -0.39 is 0 Å². The Morgan fingerprint density at radius 2 is 0.754 bits per heavy atom. The van der Waals surface area contributed by atoms with Crippen LogP contribution in [-0.2, 0) is 0 Å². The van der Waals surface area contributed by atoms with Crippen molar-refractivity contribution in [2.75, 3.05) is 0 Å². The molecule has 0 fully saturated rings. The quantitative estimate of drug-likeness (QED) is 0.156. The summed E-state index contributed by atoms with van der Waals surface area (Å²) in [6.45, 7) is 0. The molecule has 0 aliphatic carbocycles. The maximum Gasteiger partial charge on any atom is 0.143 e. The molecule has 0 amide bonds. The number of fused-ring (bicyclic) bond motifs is 11. The zero-order valence-corrected chi connectivity index (χ0v) is 37.4. The number of hydrogen-bond acceptors (Lipinski definition) is 3. The number of furan rings is 1. The summed E-state index contributed by atoms with van der Waals surface area (Å²) in [7, 11) is 0. The SMILES string of the molecule is c1cc(-c2ccc(-c3cnc4c5ccc(-c6ccc7ccccc7c6)cc5c5cc(-c6ccc7ccccc7c6)ccc5c4n3)cc2)cc(-c2ccc(-c3cccc4c3oc3ccccc34)cc2)c1. The van der Waals surface area contributed by atoms with Gasteiger partial charge in [-0.25, -0.2) is 4.98 Å². The van der Waals surface area contributed by atoms with Crippen molar-refractivity contribution in [3.63, 3.8) is 0 Å². The summed E-state index contributed by atoms with van der Waals surface area (Å²) in [6, 6.07) is 85.2. The molecule has 3 heteroatoms. The first kappa shape index (κ1) is 39.0. The van der Waals surface area contributed by atoms with Crippen molar-refractivity contribution in [1.29, 1.82) is 0 Å². The Bertz CT molecular complexity index is 4360. The molecule has 0 atom stereocenters. The van der Waals surface area contributed by atoms with Crippen molar-refractivity contribution < 1.29 is 4.42 Å². The Morgan fingerprint density at radius 1 is 0.275 bits per heavy atom. The van der Waals surface area contributed by atoms with Crippen LogP contribution < -0.4 is 0 Å². The van der Waals surface area contributed by atoms with Crippen molar-refractivity contribution in [1.82, 2.24) is 9.97 Å². The van der Waals surface area contributed by atoms with Crippen LogP contribution in [0.4, 0.5) is 0 Å². The van der Waals surface area contributed by atoms with Crippen molar-refractivity contribution in [2.45, 2.75) is 0 Å². The molecule has 69 heavy (non-hydrogen) atoms. The molecular formula is C66H40N2O. The van der Waals surface area contributed by atoms with Gasteiger partial charge < -0.3 is 4.42 Å². The normalized spacial score (nSPS) is 11.8. The van der Waals surface area contributed by atoms with Gasteiger partial charge in [0.1, 0.15) is 11.2 Å². The van der Waals surface area contributed by atoms with Gasteiger partial charge in [0.15, 0.2) is 0 Å². The molecule has 3 nitrogen and oxygen atoms in total. The summed E-state index contributed by atoms with van der Waals surface area (Å²) >= 11 is 0. The lowest BCUT2D eigenvalue weighted by molar-refractivity contribution is 0.670. The topological polar surface area (TPSA) is 38.9 Å². The van der Waals surface area contributed by atoms with Crippen molar-refractivity contribution >= 4 is 76.1 Å². The smallest absolute Gasteiger partial charge is 0.143 e. The molecule has 0 radical (unpaired) electrons. The Balaban J connectivity index is 0.818. The number of hydrogen-bond donors (Lipinski definition) is 0. The lowest BCUT2D eigenvalue weighted by atomic mass is 9.92. The van der Waals surface area contributed by atoms with Gasteiger partial charge >= 0.3 is 0 Å². The standard InChI is InChI=1S/C66H40N2O/c1-3-11-47-36-51(29-23-41(47)9-1)53-31-33-57-60(38-53)61-39-54(52-30-24-42-10-2-4-12-48(42)37-52)32-34-58(61)65-64(57)67-40-62(68-65)46-27-21-44(22-28-46)50-14-7-13-49(35-50)43-19-25-45(26-20-43)55-16-8-17-59-56-15-5-6-18-63(56)69-66(55)59/h1-40H. The predicted octanol–water partition coefficient (Wildman–Crippen LogP) is 18.1. The molecule has 2 aromatic heterocycles. The van der Waals surface area contributed by atoms with E-state index in [0.717, 1.165) is 99.2 Å². The molecule has 0 spiro atoms. The molecule has 14 rings (SSSR count). The molecule has 320 valence electrons. The Kier molecular flexibility index (Phi) is 8.90. The van der Waals surface area contributed by atoms with Gasteiger partial charge in [0.05, 0.1) is 22.9 Å². The molecule has 0 unspecified atom stereocenters. The fraction of sp³-hybridized carbons (Fsp3) is 0. The first-order valence-electron chi connectivity index (χ1n) is 23.5. The summed E-state index contributed by atoms with van der Waals surface area (Å²) in [5.74, 6) is 0. The van der Waals surface area contributed by atoms with Crippen molar-refractivity contribution in [2.24, 2.45) is 0 Å². The monoisotopic (exact) mass is 876 g/mol. The van der Waals surface area contributed by atoms with Gasteiger partial charge in [-0.1, -0.05) is 200 Å². The van der Waals surface area contributed by atoms with Gasteiger partial charge in [-0.15, -0.1) is 0 Å². The van der Waals surface area contributed by atoms with E-state index in [1.807, 2.05) is 18.3 Å². The summed E-state index contributed by atoms with van der Waals surface area (Å²) in [5.41, 5.74) is 17.1. The largest absolute Gasteiger partial charge is 0.455 e. The lowest BCUT2D eigenvalue weighted by Crippen LogP contribution is -1.93. The van der Waals surface area contributed by atoms with Crippen LogP contribution in [0, 0.1) is 0 Å². The highest BCUT2D eigenvalue weighted by Gasteiger charge is 2.17. The molecule has 0 saturated carbocycles. The van der Waals surface area contributed by atoms with Gasteiger partial charge in [-0.2, -0.15) is 0 Å². The third kappa shape index (κ3) is 6.66. The minimum Gasteiger partial charge on any atom is -0.455 e. The van der Waals surface area contributed by atoms with Crippen LogP contribution in [0.15, 0.2) is 247 Å². The maximum absolute atomic E-state index is 6.35. The minimum atomic E-state index is 0.841. The van der Waals surface area contributed by atoms with Gasteiger partial charge in [0.25, 0.3) is 0 Å². The van der Waals surface area contributed by atoms with Crippen LogP contribution in [0.2, 0.25) is 0 Å². The van der Waals surface area contributed by atoms with Crippen molar-refractivity contribution in [3.8, 4) is 66.9 Å². The van der Waals surface area contributed by atoms with E-state index in [4.69, 9.17) is 14.4 Å². The van der Waals surface area contributed by atoms with Gasteiger partial charge in [-0.3, -0.25) is 4.98 Å². The molecule has 0 aliphatic heterocycles. The second-order valence-corrected chi connectivity index (χ2v) is 18.1. The van der Waals surface area contributed by atoms with E-state index >= 15 is 0 Å². The van der Waals surface area contributed by atoms with E-state index in [0.29, 0.717) is 0 Å². The second kappa shape index (κ2) is 15.7. The molecule has 0 aliphatic rings. The number of aromatic nitrogens is 2. The number of rotatable bonds is 6. The predicted molar refractivity (Wildman–Crippen MR) is 289 cm³/mol. The first-order chi connectivity index (χ1) is 34.1. The molecule has 14 aromatic rings. The van der Waals surface area contributed by atoms with E-state index in [-0.39, 0.29) is 0 Å². The van der Waals surface area contributed by atoms with Crippen molar-refractivity contribution in [3.05, 3.63) is 243 Å². The third-order valence-corrected chi connectivity index (χ3v) is 14.1. The number of nitrogens with zero attached hydrogens (tertiary/aromatic N) is 2. The van der Waals surface area contributed by atoms with Crippen LogP contribution in [0.3, 0.4) is 0 Å². The highest BCUT2D eigenvalue weighted by molar-refractivity contribution is 6.24. The molecule has 0 N–H and O–H groups in total. The average Bonchev–Trinajstić information content (AvgIpc) is 3.82. The Morgan fingerprint density at radius 3 is 1.41 bits per heavy atom. The van der Waals surface area contributed by atoms with E-state index in [9.17, 15) is 0 Å². The fourth-order valence-corrected chi connectivity index (χ4v) is 10.5.